The van der Waals surface area contributed by atoms with Crippen LogP contribution in [0.2, 0.25) is 0 Å². The first-order valence-corrected chi connectivity index (χ1v) is 7.13. The Balaban J connectivity index is 2.48. The third kappa shape index (κ3) is 2.80. The zero-order valence-corrected chi connectivity index (χ0v) is 12.1. The molecule has 3 heteroatoms. The lowest BCUT2D eigenvalue weighted by Crippen LogP contribution is -2.21. The van der Waals surface area contributed by atoms with E-state index in [2.05, 4.69) is 48.9 Å². The van der Waals surface area contributed by atoms with Gasteiger partial charge in [0.1, 0.15) is 0 Å². The zero-order chi connectivity index (χ0) is 13.8. The summed E-state index contributed by atoms with van der Waals surface area (Å²) in [5.74, 6) is 0. The molecule has 2 rings (SSSR count). The highest BCUT2D eigenvalue weighted by Crippen LogP contribution is 2.26. The van der Waals surface area contributed by atoms with E-state index in [1.807, 2.05) is 6.07 Å². The molecule has 0 saturated heterocycles. The molecule has 0 bridgehead atoms. The Morgan fingerprint density at radius 3 is 2.47 bits per heavy atom. The van der Waals surface area contributed by atoms with Crippen molar-refractivity contribution in [1.29, 1.82) is 0 Å². The molecule has 3 nitrogen and oxygen atoms in total. The molecule has 0 aliphatic heterocycles. The number of nitrogens with two attached hydrogens (primary N) is 1. The van der Waals surface area contributed by atoms with E-state index >= 15 is 0 Å². The van der Waals surface area contributed by atoms with Gasteiger partial charge in [-0.3, -0.25) is 4.98 Å². The van der Waals surface area contributed by atoms with Gasteiger partial charge >= 0.3 is 0 Å². The fourth-order valence-corrected chi connectivity index (χ4v) is 2.47. The first kappa shape index (κ1) is 13.7. The van der Waals surface area contributed by atoms with Crippen molar-refractivity contribution in [2.75, 3.05) is 23.7 Å². The molecule has 2 aromatic rings. The van der Waals surface area contributed by atoms with Gasteiger partial charge in [0.15, 0.2) is 0 Å². The number of nitrogen functional groups attached to an aromatic ring is 1. The highest BCUT2D eigenvalue weighted by Gasteiger charge is 2.07. The summed E-state index contributed by atoms with van der Waals surface area (Å²) in [6.45, 7) is 8.50. The second kappa shape index (κ2) is 5.91. The molecule has 19 heavy (non-hydrogen) atoms. The molecule has 1 heterocycles. The van der Waals surface area contributed by atoms with Crippen LogP contribution in [0.5, 0.6) is 0 Å². The number of pyridine rings is 1. The smallest absolute Gasteiger partial charge is 0.0727 e. The first-order valence-electron chi connectivity index (χ1n) is 7.13. The van der Waals surface area contributed by atoms with Crippen LogP contribution in [0.3, 0.4) is 0 Å². The standard InChI is InChI=1S/C16H23N3/c1-4-7-12-10-15(17)14-11-13(19(5-2)6-3)8-9-16(14)18-12/h8-11H,4-7H2,1-3H3,(H2,17,18). The van der Waals surface area contributed by atoms with Gasteiger partial charge in [0.2, 0.25) is 0 Å². The van der Waals surface area contributed by atoms with Crippen LogP contribution < -0.4 is 10.6 Å². The highest BCUT2D eigenvalue weighted by molar-refractivity contribution is 5.92. The number of aryl methyl sites for hydroxylation is 1. The maximum atomic E-state index is 6.18. The predicted molar refractivity (Wildman–Crippen MR) is 83.7 cm³/mol. The van der Waals surface area contributed by atoms with Gasteiger partial charge in [-0.15, -0.1) is 0 Å². The Kier molecular flexibility index (Phi) is 4.25. The second-order valence-electron chi connectivity index (χ2n) is 4.83. The van der Waals surface area contributed by atoms with E-state index in [9.17, 15) is 0 Å². The molecule has 0 radical (unpaired) electrons. The van der Waals surface area contributed by atoms with E-state index in [0.29, 0.717) is 0 Å². The molecule has 1 aromatic carbocycles. The third-order valence-electron chi connectivity index (χ3n) is 3.51. The summed E-state index contributed by atoms with van der Waals surface area (Å²) in [6.07, 6.45) is 2.08. The summed E-state index contributed by atoms with van der Waals surface area (Å²) < 4.78 is 0. The molecule has 1 aromatic heterocycles. The molecule has 0 unspecified atom stereocenters. The summed E-state index contributed by atoms with van der Waals surface area (Å²) in [7, 11) is 0. The molecule has 0 aliphatic rings. The van der Waals surface area contributed by atoms with Gasteiger partial charge in [-0.2, -0.15) is 0 Å². The number of hydrogen-bond donors (Lipinski definition) is 1. The molecule has 0 spiro atoms. The van der Waals surface area contributed by atoms with Crippen LogP contribution in [0, 0.1) is 0 Å². The lowest BCUT2D eigenvalue weighted by Gasteiger charge is -2.21. The average Bonchev–Trinajstić information content (AvgIpc) is 2.41. The molecule has 0 atom stereocenters. The van der Waals surface area contributed by atoms with E-state index in [1.54, 1.807) is 0 Å². The SMILES string of the molecule is CCCc1cc(N)c2cc(N(CC)CC)ccc2n1. The molecular formula is C16H23N3. The number of anilines is 2. The largest absolute Gasteiger partial charge is 0.398 e. The summed E-state index contributed by atoms with van der Waals surface area (Å²) >= 11 is 0. The Bertz CT molecular complexity index is 559. The van der Waals surface area contributed by atoms with Crippen LogP contribution >= 0.6 is 0 Å². The topological polar surface area (TPSA) is 42.1 Å². The van der Waals surface area contributed by atoms with Gasteiger partial charge in [0.25, 0.3) is 0 Å². The maximum absolute atomic E-state index is 6.18. The van der Waals surface area contributed by atoms with Crippen LogP contribution in [0.15, 0.2) is 24.3 Å². The molecule has 0 aliphatic carbocycles. The van der Waals surface area contributed by atoms with Crippen molar-refractivity contribution < 1.29 is 0 Å². The highest BCUT2D eigenvalue weighted by atomic mass is 15.1. The van der Waals surface area contributed by atoms with E-state index in [4.69, 9.17) is 5.73 Å². The Morgan fingerprint density at radius 2 is 1.84 bits per heavy atom. The molecule has 102 valence electrons. The van der Waals surface area contributed by atoms with Crippen molar-refractivity contribution in [3.05, 3.63) is 30.0 Å². The van der Waals surface area contributed by atoms with Gasteiger partial charge in [-0.05, 0) is 44.5 Å². The van der Waals surface area contributed by atoms with Crippen LogP contribution in [-0.4, -0.2) is 18.1 Å². The number of benzene rings is 1. The van der Waals surface area contributed by atoms with Crippen molar-refractivity contribution in [2.45, 2.75) is 33.6 Å². The zero-order valence-electron chi connectivity index (χ0n) is 12.1. The lowest BCUT2D eigenvalue weighted by molar-refractivity contribution is 0.867. The molecular weight excluding hydrogens is 234 g/mol. The maximum Gasteiger partial charge on any atom is 0.0727 e. The number of hydrogen-bond acceptors (Lipinski definition) is 3. The van der Waals surface area contributed by atoms with E-state index in [0.717, 1.165) is 48.2 Å². The minimum absolute atomic E-state index is 0.836. The molecule has 0 fully saturated rings. The van der Waals surface area contributed by atoms with Crippen LogP contribution in [-0.2, 0) is 6.42 Å². The summed E-state index contributed by atoms with van der Waals surface area (Å²) in [5, 5.41) is 1.06. The van der Waals surface area contributed by atoms with Crippen molar-refractivity contribution >= 4 is 22.3 Å². The van der Waals surface area contributed by atoms with Crippen LogP contribution in [0.1, 0.15) is 32.9 Å². The van der Waals surface area contributed by atoms with Gasteiger partial charge in [-0.25, -0.2) is 0 Å². The predicted octanol–water partition coefficient (Wildman–Crippen LogP) is 3.62. The third-order valence-corrected chi connectivity index (χ3v) is 3.51. The monoisotopic (exact) mass is 257 g/mol. The van der Waals surface area contributed by atoms with E-state index in [1.165, 1.54) is 5.69 Å². The first-order chi connectivity index (χ1) is 9.19. The Labute approximate surface area is 115 Å². The summed E-state index contributed by atoms with van der Waals surface area (Å²) in [5.41, 5.74) is 10.3. The van der Waals surface area contributed by atoms with Crippen molar-refractivity contribution in [3.63, 3.8) is 0 Å². The van der Waals surface area contributed by atoms with Crippen LogP contribution in [0.25, 0.3) is 10.9 Å². The fraction of sp³-hybridized carbons (Fsp3) is 0.438. The van der Waals surface area contributed by atoms with Crippen molar-refractivity contribution in [3.8, 4) is 0 Å². The van der Waals surface area contributed by atoms with Gasteiger partial charge < -0.3 is 10.6 Å². The lowest BCUT2D eigenvalue weighted by atomic mass is 10.1. The number of aromatic nitrogens is 1. The van der Waals surface area contributed by atoms with Crippen molar-refractivity contribution in [1.82, 2.24) is 4.98 Å². The normalized spacial score (nSPS) is 10.9. The fourth-order valence-electron chi connectivity index (χ4n) is 2.47. The molecule has 0 amide bonds. The minimum Gasteiger partial charge on any atom is -0.398 e. The van der Waals surface area contributed by atoms with Crippen molar-refractivity contribution in [2.24, 2.45) is 0 Å². The van der Waals surface area contributed by atoms with E-state index < -0.39 is 0 Å². The Hall–Kier alpha value is -1.77. The van der Waals surface area contributed by atoms with Crippen LogP contribution in [0.4, 0.5) is 11.4 Å². The molecule has 2 N–H and O–H groups in total. The number of fused-ring (bicyclic) bond motifs is 1. The minimum atomic E-state index is 0.836. The van der Waals surface area contributed by atoms with E-state index in [-0.39, 0.29) is 0 Å². The Morgan fingerprint density at radius 1 is 1.11 bits per heavy atom. The molecule has 0 saturated carbocycles. The summed E-state index contributed by atoms with van der Waals surface area (Å²) in [6, 6.07) is 8.38. The van der Waals surface area contributed by atoms with Gasteiger partial charge in [0.05, 0.1) is 5.52 Å². The number of nitrogens with zero attached hydrogens (tertiary/aromatic N) is 2. The quantitative estimate of drug-likeness (QED) is 0.889. The average molecular weight is 257 g/mol. The second-order valence-corrected chi connectivity index (χ2v) is 4.83. The summed E-state index contributed by atoms with van der Waals surface area (Å²) in [4.78, 5) is 7.00. The number of rotatable bonds is 5. The van der Waals surface area contributed by atoms with Gasteiger partial charge in [-0.1, -0.05) is 13.3 Å². The van der Waals surface area contributed by atoms with Gasteiger partial charge in [0, 0.05) is 35.5 Å².